The fourth-order valence-electron chi connectivity index (χ4n) is 2.50. The van der Waals surface area contributed by atoms with Gasteiger partial charge in [-0.25, -0.2) is 0 Å². The number of guanidine groups is 1. The number of rotatable bonds is 3. The van der Waals surface area contributed by atoms with Crippen LogP contribution in [0.2, 0.25) is 0 Å². The van der Waals surface area contributed by atoms with E-state index in [4.69, 9.17) is 0 Å². The second kappa shape index (κ2) is 8.54. The average molecular weight is 456 g/mol. The van der Waals surface area contributed by atoms with Crippen LogP contribution < -0.4 is 10.2 Å². The zero-order valence-corrected chi connectivity index (χ0v) is 15.8. The topological polar surface area (TPSA) is 47.9 Å². The zero-order chi connectivity index (χ0) is 17.0. The number of nitrogens with one attached hydrogen (secondary N) is 1. The van der Waals surface area contributed by atoms with E-state index in [-0.39, 0.29) is 30.5 Å². The summed E-state index contributed by atoms with van der Waals surface area (Å²) in [5, 5.41) is 2.84. The molecule has 9 heteroatoms. The smallest absolute Gasteiger partial charge is 0.347 e. The molecule has 0 saturated carbocycles. The molecule has 1 aromatic rings. The third-order valence-electron chi connectivity index (χ3n) is 3.59. The number of hydrogen-bond acceptors (Lipinski definition) is 2. The number of nitrogens with zero attached hydrogens (tertiary/aromatic N) is 3. The summed E-state index contributed by atoms with van der Waals surface area (Å²) in [5.41, 5.74) is 2.17. The maximum atomic E-state index is 12.3. The Morgan fingerprint density at radius 2 is 2.04 bits per heavy atom. The Morgan fingerprint density at radius 3 is 2.67 bits per heavy atom. The maximum absolute atomic E-state index is 12.3. The summed E-state index contributed by atoms with van der Waals surface area (Å²) >= 11 is 0. The lowest BCUT2D eigenvalue weighted by molar-refractivity contribution is -0.157. The van der Waals surface area contributed by atoms with Crippen LogP contribution in [0.15, 0.2) is 29.3 Å². The van der Waals surface area contributed by atoms with E-state index < -0.39 is 18.6 Å². The molecule has 1 amide bonds. The lowest BCUT2D eigenvalue weighted by Gasteiger charge is -2.24. The molecule has 1 heterocycles. The number of amides is 1. The van der Waals surface area contributed by atoms with Gasteiger partial charge in [0.25, 0.3) is 0 Å². The molecule has 1 aliphatic rings. The van der Waals surface area contributed by atoms with Gasteiger partial charge in [-0.05, 0) is 18.1 Å². The molecular formula is C15H20F3IN4O. The van der Waals surface area contributed by atoms with Gasteiger partial charge in [0.15, 0.2) is 5.96 Å². The molecule has 0 aromatic heterocycles. The van der Waals surface area contributed by atoms with Gasteiger partial charge in [-0.15, -0.1) is 24.0 Å². The highest BCUT2D eigenvalue weighted by atomic mass is 127. The first kappa shape index (κ1) is 20.5. The van der Waals surface area contributed by atoms with Crippen molar-refractivity contribution < 1.29 is 18.0 Å². The Bertz CT molecular complexity index is 607. The first-order chi connectivity index (χ1) is 10.8. The maximum Gasteiger partial charge on any atom is 0.406 e. The molecular weight excluding hydrogens is 436 g/mol. The van der Waals surface area contributed by atoms with Crippen LogP contribution in [0.5, 0.6) is 0 Å². The van der Waals surface area contributed by atoms with Gasteiger partial charge in [0.05, 0.1) is 6.54 Å². The van der Waals surface area contributed by atoms with Crippen molar-refractivity contribution >= 4 is 41.5 Å². The van der Waals surface area contributed by atoms with Crippen LogP contribution in [0.4, 0.5) is 18.9 Å². The van der Waals surface area contributed by atoms with Gasteiger partial charge in [0.2, 0.25) is 5.91 Å². The third kappa shape index (κ3) is 5.25. The molecule has 1 N–H and O–H groups in total. The minimum atomic E-state index is -4.40. The van der Waals surface area contributed by atoms with Crippen LogP contribution in [0.25, 0.3) is 0 Å². The van der Waals surface area contributed by atoms with Gasteiger partial charge >= 0.3 is 6.18 Å². The lowest BCUT2D eigenvalue weighted by Crippen LogP contribution is -2.46. The van der Waals surface area contributed by atoms with Gasteiger partial charge in [0.1, 0.15) is 6.54 Å². The number of para-hydroxylation sites is 1. The molecule has 5 nitrogen and oxygen atoms in total. The van der Waals surface area contributed by atoms with Crippen LogP contribution in [0, 0.1) is 0 Å². The number of likely N-dealkylation sites (N-methyl/N-ethyl adjacent to an activating group) is 1. The first-order valence-electron chi connectivity index (χ1n) is 7.18. The lowest BCUT2D eigenvalue weighted by atomic mass is 10.2. The van der Waals surface area contributed by atoms with E-state index in [0.29, 0.717) is 17.4 Å². The standard InChI is InChI=1S/C15H19F3N4O.HI/c1-19-14(20-9-13(23)21(2)10-15(16,17)18)22-8-7-11-5-3-4-6-12(11)22;/h3-6H,7-10H2,1-2H3,(H,19,20);1H. The van der Waals surface area contributed by atoms with Crippen LogP contribution in [0.3, 0.4) is 0 Å². The highest BCUT2D eigenvalue weighted by Crippen LogP contribution is 2.27. The van der Waals surface area contributed by atoms with E-state index in [2.05, 4.69) is 10.3 Å². The van der Waals surface area contributed by atoms with Crippen molar-refractivity contribution in [1.29, 1.82) is 0 Å². The zero-order valence-electron chi connectivity index (χ0n) is 13.4. The number of carbonyl (C=O) groups is 1. The molecule has 0 bridgehead atoms. The van der Waals surface area contributed by atoms with E-state index in [9.17, 15) is 18.0 Å². The van der Waals surface area contributed by atoms with E-state index in [0.717, 1.165) is 19.2 Å². The number of halogens is 4. The first-order valence-corrected chi connectivity index (χ1v) is 7.18. The van der Waals surface area contributed by atoms with Gasteiger partial charge in [-0.1, -0.05) is 18.2 Å². The van der Waals surface area contributed by atoms with Gasteiger partial charge in [-0.3, -0.25) is 9.79 Å². The van der Waals surface area contributed by atoms with Gasteiger partial charge in [0, 0.05) is 26.3 Å². The average Bonchev–Trinajstić information content (AvgIpc) is 2.90. The molecule has 1 aliphatic heterocycles. The molecule has 0 radical (unpaired) electrons. The third-order valence-corrected chi connectivity index (χ3v) is 3.59. The number of hydrogen-bond donors (Lipinski definition) is 1. The summed E-state index contributed by atoms with van der Waals surface area (Å²) in [6.07, 6.45) is -3.54. The van der Waals surface area contributed by atoms with Crippen LogP contribution in [-0.2, 0) is 11.2 Å². The molecule has 0 saturated heterocycles. The summed E-state index contributed by atoms with van der Waals surface area (Å²) in [4.78, 5) is 18.5. The van der Waals surface area contributed by atoms with E-state index in [1.807, 2.05) is 29.2 Å². The summed E-state index contributed by atoms with van der Waals surface area (Å²) in [7, 11) is 2.71. The number of aliphatic imine (C=N–C) groups is 1. The molecule has 0 fully saturated rings. The highest BCUT2D eigenvalue weighted by Gasteiger charge is 2.31. The largest absolute Gasteiger partial charge is 0.406 e. The highest BCUT2D eigenvalue weighted by molar-refractivity contribution is 14.0. The second-order valence-electron chi connectivity index (χ2n) is 5.30. The van der Waals surface area contributed by atoms with Crippen molar-refractivity contribution in [1.82, 2.24) is 10.2 Å². The predicted octanol–water partition coefficient (Wildman–Crippen LogP) is 2.26. The molecule has 0 unspecified atom stereocenters. The quantitative estimate of drug-likeness (QED) is 0.432. The molecule has 2 rings (SSSR count). The van der Waals surface area contributed by atoms with E-state index in [1.54, 1.807) is 7.05 Å². The SMILES string of the molecule is CN=C(NCC(=O)N(C)CC(F)(F)F)N1CCc2ccccc21.I. The summed E-state index contributed by atoms with van der Waals surface area (Å²) in [6, 6.07) is 7.83. The summed E-state index contributed by atoms with van der Waals surface area (Å²) in [5.74, 6) is -0.167. The fourth-order valence-corrected chi connectivity index (χ4v) is 2.50. The number of fused-ring (bicyclic) bond motifs is 1. The normalized spacial score (nSPS) is 14.0. The number of anilines is 1. The molecule has 0 spiro atoms. The number of carbonyl (C=O) groups excluding carboxylic acids is 1. The molecule has 0 aliphatic carbocycles. The van der Waals surface area contributed by atoms with Crippen molar-refractivity contribution in [2.24, 2.45) is 4.99 Å². The van der Waals surface area contributed by atoms with Crippen molar-refractivity contribution in [3.8, 4) is 0 Å². The van der Waals surface area contributed by atoms with Crippen LogP contribution >= 0.6 is 24.0 Å². The molecule has 0 atom stereocenters. The predicted molar refractivity (Wildman–Crippen MR) is 98.0 cm³/mol. The Hall–Kier alpha value is -1.52. The molecule has 24 heavy (non-hydrogen) atoms. The minimum absolute atomic E-state index is 0. The van der Waals surface area contributed by atoms with Crippen molar-refractivity contribution in [2.75, 3.05) is 38.6 Å². The monoisotopic (exact) mass is 456 g/mol. The molecule has 134 valence electrons. The molecule has 1 aromatic carbocycles. The minimum Gasteiger partial charge on any atom is -0.347 e. The van der Waals surface area contributed by atoms with Gasteiger partial charge < -0.3 is 15.1 Å². The number of benzene rings is 1. The van der Waals surface area contributed by atoms with Crippen molar-refractivity contribution in [3.63, 3.8) is 0 Å². The van der Waals surface area contributed by atoms with E-state index >= 15 is 0 Å². The van der Waals surface area contributed by atoms with E-state index in [1.165, 1.54) is 5.56 Å². The second-order valence-corrected chi connectivity index (χ2v) is 5.30. The van der Waals surface area contributed by atoms with Crippen molar-refractivity contribution in [2.45, 2.75) is 12.6 Å². The Labute approximate surface area is 155 Å². The van der Waals surface area contributed by atoms with Gasteiger partial charge in [-0.2, -0.15) is 13.2 Å². The Morgan fingerprint density at radius 1 is 1.38 bits per heavy atom. The summed E-state index contributed by atoms with van der Waals surface area (Å²) in [6.45, 7) is -0.790. The summed E-state index contributed by atoms with van der Waals surface area (Å²) < 4.78 is 36.9. The van der Waals surface area contributed by atoms with Crippen LogP contribution in [0.1, 0.15) is 5.56 Å². The fraction of sp³-hybridized carbons (Fsp3) is 0.467. The van der Waals surface area contributed by atoms with Crippen LogP contribution in [-0.4, -0.2) is 56.7 Å². The Kier molecular flexibility index (Phi) is 7.30. The van der Waals surface area contributed by atoms with Crippen molar-refractivity contribution in [3.05, 3.63) is 29.8 Å². The Balaban J connectivity index is 0.00000288. The number of alkyl halides is 3.